The van der Waals surface area contributed by atoms with Crippen molar-refractivity contribution in [3.05, 3.63) is 43.0 Å². The number of ether oxygens (including phenoxy) is 1. The fourth-order valence-electron chi connectivity index (χ4n) is 2.38. The van der Waals surface area contributed by atoms with Crippen molar-refractivity contribution in [3.63, 3.8) is 0 Å². The number of aromatic nitrogens is 2. The van der Waals surface area contributed by atoms with Crippen LogP contribution in [0.15, 0.2) is 20.9 Å². The zero-order valence-corrected chi connectivity index (χ0v) is 11.8. The number of hydrogen-bond donors (Lipinski definition) is 4. The zero-order valence-electron chi connectivity index (χ0n) is 11.8. The normalized spacial score (nSPS) is 34.4. The summed E-state index contributed by atoms with van der Waals surface area (Å²) in [5.74, 6) is 0. The Morgan fingerprint density at radius 2 is 2.23 bits per heavy atom. The number of H-pyrrole nitrogens is 1. The van der Waals surface area contributed by atoms with E-state index in [1.165, 1.54) is 6.92 Å². The van der Waals surface area contributed by atoms with E-state index in [1.807, 2.05) is 4.98 Å². The number of rotatable bonds is 3. The molecule has 4 atom stereocenters. The van der Waals surface area contributed by atoms with Gasteiger partial charge in [0.15, 0.2) is 6.23 Å². The summed E-state index contributed by atoms with van der Waals surface area (Å²) in [6, 6.07) is 0. The van der Waals surface area contributed by atoms with Crippen LogP contribution in [0.25, 0.3) is 10.4 Å². The summed E-state index contributed by atoms with van der Waals surface area (Å²) in [7, 11) is 0. The van der Waals surface area contributed by atoms with Gasteiger partial charge in [-0.1, -0.05) is 5.11 Å². The van der Waals surface area contributed by atoms with Crippen LogP contribution in [0.5, 0.6) is 0 Å². The lowest BCUT2D eigenvalue weighted by atomic mass is 9.93. The molecule has 0 aromatic carbocycles. The molecule has 0 spiro atoms. The maximum atomic E-state index is 11.9. The van der Waals surface area contributed by atoms with E-state index in [0.717, 1.165) is 17.7 Å². The summed E-state index contributed by atoms with van der Waals surface area (Å²) in [4.78, 5) is 27.8. The van der Waals surface area contributed by atoms with Crippen LogP contribution in [-0.2, 0) is 4.74 Å². The third-order valence-corrected chi connectivity index (χ3v) is 3.64. The molecule has 0 aliphatic carbocycles. The minimum atomic E-state index is -2.15. The minimum absolute atomic E-state index is 0.166. The van der Waals surface area contributed by atoms with Gasteiger partial charge in [0, 0.05) is 16.7 Å². The molecule has 11 heteroatoms. The maximum absolute atomic E-state index is 11.9. The van der Waals surface area contributed by atoms with E-state index in [4.69, 9.17) is 10.3 Å². The molecule has 11 nitrogen and oxygen atoms in total. The molecule has 120 valence electrons. The van der Waals surface area contributed by atoms with E-state index in [0.29, 0.717) is 0 Å². The lowest BCUT2D eigenvalue weighted by Gasteiger charge is -2.28. The van der Waals surface area contributed by atoms with Crippen molar-refractivity contribution in [2.45, 2.75) is 37.5 Å². The molecule has 4 N–H and O–H groups in total. The van der Waals surface area contributed by atoms with E-state index in [9.17, 15) is 24.9 Å². The second kappa shape index (κ2) is 5.23. The summed E-state index contributed by atoms with van der Waals surface area (Å²) in [6.45, 7) is 1.67. The molecule has 1 aliphatic rings. The lowest BCUT2D eigenvalue weighted by molar-refractivity contribution is -0.128. The second-order valence-electron chi connectivity index (χ2n) is 5.27. The van der Waals surface area contributed by atoms with Crippen LogP contribution in [0.2, 0.25) is 0 Å². The number of hydrogen-bond acceptors (Lipinski definition) is 7. The molecule has 1 aliphatic heterocycles. The standard InChI is InChI=1S/C11H15N5O6/c1-5-3-16(9(20)13-6(5)18)8-10(2,21)7(19)11(4-17,22-8)14-15-12/h3,7-8,17,19,21H,4H2,1-2H3,(H,13,18,20)/t7-,8+,10+,11+/m0/s1. The summed E-state index contributed by atoms with van der Waals surface area (Å²) < 4.78 is 6.15. The smallest absolute Gasteiger partial charge is 0.330 e. The first-order valence-corrected chi connectivity index (χ1v) is 6.27. The first kappa shape index (κ1) is 16.2. The van der Waals surface area contributed by atoms with Crippen molar-refractivity contribution in [2.75, 3.05) is 6.61 Å². The monoisotopic (exact) mass is 313 g/mol. The number of azide groups is 1. The molecule has 0 radical (unpaired) electrons. The Kier molecular flexibility index (Phi) is 3.85. The molecule has 1 aromatic rings. The van der Waals surface area contributed by atoms with E-state index >= 15 is 0 Å². The fourth-order valence-corrected chi connectivity index (χ4v) is 2.38. The number of aliphatic hydroxyl groups excluding tert-OH is 2. The maximum Gasteiger partial charge on any atom is 0.330 e. The molecule has 0 saturated carbocycles. The minimum Gasteiger partial charge on any atom is -0.393 e. The van der Waals surface area contributed by atoms with E-state index in [-0.39, 0.29) is 5.56 Å². The van der Waals surface area contributed by atoms with Crippen molar-refractivity contribution in [1.29, 1.82) is 0 Å². The molecule has 2 heterocycles. The van der Waals surface area contributed by atoms with Crippen LogP contribution in [0.1, 0.15) is 18.7 Å². The number of aryl methyl sites for hydroxylation is 1. The van der Waals surface area contributed by atoms with Gasteiger partial charge >= 0.3 is 5.69 Å². The average molecular weight is 313 g/mol. The highest BCUT2D eigenvalue weighted by Gasteiger charge is 2.61. The highest BCUT2D eigenvalue weighted by Crippen LogP contribution is 2.44. The molecule has 1 saturated heterocycles. The van der Waals surface area contributed by atoms with Gasteiger partial charge in [-0.05, 0) is 19.4 Å². The molecular weight excluding hydrogens is 298 g/mol. The predicted molar refractivity (Wildman–Crippen MR) is 71.8 cm³/mol. The molecule has 22 heavy (non-hydrogen) atoms. The Morgan fingerprint density at radius 1 is 1.59 bits per heavy atom. The van der Waals surface area contributed by atoms with E-state index in [1.54, 1.807) is 0 Å². The molecular formula is C11H15N5O6. The van der Waals surface area contributed by atoms with Gasteiger partial charge in [-0.15, -0.1) is 0 Å². The van der Waals surface area contributed by atoms with Crippen LogP contribution in [-0.4, -0.2) is 48.9 Å². The predicted octanol–water partition coefficient (Wildman–Crippen LogP) is -1.52. The molecule has 0 unspecified atom stereocenters. The molecule has 2 rings (SSSR count). The summed E-state index contributed by atoms with van der Waals surface area (Å²) in [6.07, 6.45) is -2.15. The van der Waals surface area contributed by atoms with Crippen LogP contribution in [0.3, 0.4) is 0 Å². The van der Waals surface area contributed by atoms with Gasteiger partial charge in [0.25, 0.3) is 5.56 Å². The highest BCUT2D eigenvalue weighted by atomic mass is 16.6. The number of aromatic amines is 1. The molecule has 1 aromatic heterocycles. The van der Waals surface area contributed by atoms with Crippen LogP contribution >= 0.6 is 0 Å². The van der Waals surface area contributed by atoms with E-state index in [2.05, 4.69) is 10.0 Å². The Balaban J connectivity index is 2.62. The highest BCUT2D eigenvalue weighted by molar-refractivity contribution is 5.09. The van der Waals surface area contributed by atoms with Gasteiger partial charge in [0.2, 0.25) is 5.72 Å². The van der Waals surface area contributed by atoms with Crippen molar-refractivity contribution >= 4 is 0 Å². The third kappa shape index (κ3) is 2.21. The second-order valence-corrected chi connectivity index (χ2v) is 5.27. The van der Waals surface area contributed by atoms with Gasteiger partial charge in [-0.25, -0.2) is 4.79 Å². The SMILES string of the molecule is Cc1cn([C@@H]2O[C@@](CO)(N=[N+]=[N-])[C@@H](O)[C@@]2(C)O)c(=O)[nH]c1=O. The van der Waals surface area contributed by atoms with Crippen LogP contribution in [0.4, 0.5) is 0 Å². The summed E-state index contributed by atoms with van der Waals surface area (Å²) in [5.41, 5.74) is 3.02. The van der Waals surface area contributed by atoms with Crippen molar-refractivity contribution in [2.24, 2.45) is 5.11 Å². The Hall–Kier alpha value is -2.17. The number of nitrogens with one attached hydrogen (secondary N) is 1. The number of nitrogens with zero attached hydrogens (tertiary/aromatic N) is 4. The zero-order chi connectivity index (χ0) is 16.7. The van der Waals surface area contributed by atoms with E-state index < -0.39 is 41.5 Å². The fraction of sp³-hybridized carbons (Fsp3) is 0.636. The van der Waals surface area contributed by atoms with Crippen molar-refractivity contribution in [3.8, 4) is 0 Å². The summed E-state index contributed by atoms with van der Waals surface area (Å²) in [5, 5.41) is 33.2. The molecule has 0 bridgehead atoms. The first-order valence-electron chi connectivity index (χ1n) is 6.27. The number of aliphatic hydroxyl groups is 3. The lowest BCUT2D eigenvalue weighted by Crippen LogP contribution is -2.50. The Bertz CT molecular complexity index is 748. The Morgan fingerprint density at radius 3 is 2.77 bits per heavy atom. The van der Waals surface area contributed by atoms with Crippen LogP contribution in [0, 0.1) is 6.92 Å². The van der Waals surface area contributed by atoms with Gasteiger partial charge in [0.05, 0.1) is 6.61 Å². The quantitative estimate of drug-likeness (QED) is 0.299. The van der Waals surface area contributed by atoms with Crippen LogP contribution < -0.4 is 11.2 Å². The largest absolute Gasteiger partial charge is 0.393 e. The van der Waals surface area contributed by atoms with Gasteiger partial charge in [-0.2, -0.15) is 0 Å². The topological polar surface area (TPSA) is 174 Å². The van der Waals surface area contributed by atoms with Gasteiger partial charge in [0.1, 0.15) is 11.7 Å². The summed E-state index contributed by atoms with van der Waals surface area (Å²) >= 11 is 0. The van der Waals surface area contributed by atoms with Crippen molar-refractivity contribution in [1.82, 2.24) is 9.55 Å². The molecule has 1 fully saturated rings. The van der Waals surface area contributed by atoms with Crippen molar-refractivity contribution < 1.29 is 20.1 Å². The molecule has 0 amide bonds. The third-order valence-electron chi connectivity index (χ3n) is 3.64. The Labute approximate surface area is 123 Å². The average Bonchev–Trinajstić information content (AvgIpc) is 2.65. The first-order chi connectivity index (χ1) is 10.2. The van der Waals surface area contributed by atoms with Gasteiger partial charge < -0.3 is 20.1 Å². The van der Waals surface area contributed by atoms with Gasteiger partial charge in [-0.3, -0.25) is 14.3 Å².